The number of rotatable bonds is 7. The molecule has 0 saturated carbocycles. The van der Waals surface area contributed by atoms with E-state index in [2.05, 4.69) is 16.4 Å². The SMILES string of the molecule is CCOc1ncc(C)c2c1C(c1ccc(C#N)cc1OC)C(C(=O)OCOC(C)=O)=C(C)N2. The maximum absolute atomic E-state index is 13.2. The fourth-order valence-electron chi connectivity index (χ4n) is 3.75. The van der Waals surface area contributed by atoms with Gasteiger partial charge in [0.2, 0.25) is 12.7 Å². The van der Waals surface area contributed by atoms with Crippen molar-refractivity contribution >= 4 is 17.6 Å². The topological polar surface area (TPSA) is 120 Å². The Kier molecular flexibility index (Phi) is 7.18. The third kappa shape index (κ3) is 4.75. The van der Waals surface area contributed by atoms with Gasteiger partial charge in [-0.3, -0.25) is 4.79 Å². The van der Waals surface area contributed by atoms with Crippen LogP contribution in [0.2, 0.25) is 0 Å². The quantitative estimate of drug-likeness (QED) is 0.497. The van der Waals surface area contributed by atoms with Crippen LogP contribution in [0.25, 0.3) is 0 Å². The van der Waals surface area contributed by atoms with Crippen molar-refractivity contribution in [1.29, 1.82) is 5.26 Å². The molecule has 172 valence electrons. The zero-order chi connectivity index (χ0) is 24.1. The summed E-state index contributed by atoms with van der Waals surface area (Å²) < 4.78 is 21.4. The fraction of sp³-hybridized carbons (Fsp3) is 0.333. The molecule has 9 nitrogen and oxygen atoms in total. The summed E-state index contributed by atoms with van der Waals surface area (Å²) in [6.07, 6.45) is 1.70. The number of nitriles is 1. The van der Waals surface area contributed by atoms with Crippen LogP contribution >= 0.6 is 0 Å². The number of anilines is 1. The van der Waals surface area contributed by atoms with Crippen molar-refractivity contribution in [1.82, 2.24) is 4.98 Å². The number of aryl methyl sites for hydroxylation is 1. The molecular formula is C24H25N3O6. The standard InChI is InChI=1S/C24H25N3O6/c1-6-31-23-21-20(17-8-7-16(10-25)9-18(17)30-5)19(24(29)33-12-32-15(4)28)14(3)27-22(21)13(2)11-26-23/h7-9,11,20,27H,6,12H2,1-5H3. The van der Waals surface area contributed by atoms with Crippen molar-refractivity contribution in [2.75, 3.05) is 25.8 Å². The Morgan fingerprint density at radius 1 is 1.24 bits per heavy atom. The monoisotopic (exact) mass is 451 g/mol. The van der Waals surface area contributed by atoms with Crippen LogP contribution in [0, 0.1) is 18.3 Å². The predicted octanol–water partition coefficient (Wildman–Crippen LogP) is 3.56. The minimum absolute atomic E-state index is 0.283. The maximum atomic E-state index is 13.2. The van der Waals surface area contributed by atoms with E-state index >= 15 is 0 Å². The van der Waals surface area contributed by atoms with Crippen LogP contribution in [0.1, 0.15) is 48.9 Å². The molecule has 33 heavy (non-hydrogen) atoms. The average Bonchev–Trinajstić information content (AvgIpc) is 2.79. The molecule has 0 spiro atoms. The number of allylic oxidation sites excluding steroid dienone is 1. The van der Waals surface area contributed by atoms with Crippen molar-refractivity contribution in [2.45, 2.75) is 33.6 Å². The van der Waals surface area contributed by atoms with Crippen LogP contribution in [0.4, 0.5) is 5.69 Å². The van der Waals surface area contributed by atoms with Crippen LogP contribution in [0.15, 0.2) is 35.7 Å². The summed E-state index contributed by atoms with van der Waals surface area (Å²) in [5.41, 5.74) is 4.15. The molecule has 1 aromatic heterocycles. The van der Waals surface area contributed by atoms with Crippen LogP contribution in [-0.4, -0.2) is 37.4 Å². The van der Waals surface area contributed by atoms with Crippen molar-refractivity contribution in [2.24, 2.45) is 0 Å². The summed E-state index contributed by atoms with van der Waals surface area (Å²) >= 11 is 0. The minimum atomic E-state index is -0.678. The van der Waals surface area contributed by atoms with E-state index < -0.39 is 24.6 Å². The molecule has 1 atom stereocenters. The summed E-state index contributed by atoms with van der Waals surface area (Å²) in [7, 11) is 1.50. The number of methoxy groups -OCH3 is 1. The molecule has 1 N–H and O–H groups in total. The normalized spacial score (nSPS) is 14.5. The summed E-state index contributed by atoms with van der Waals surface area (Å²) in [6.45, 7) is 6.59. The van der Waals surface area contributed by atoms with E-state index in [1.54, 1.807) is 31.3 Å². The van der Waals surface area contributed by atoms with Gasteiger partial charge in [0.15, 0.2) is 0 Å². The molecule has 2 heterocycles. The number of hydrogen-bond acceptors (Lipinski definition) is 9. The van der Waals surface area contributed by atoms with Gasteiger partial charge >= 0.3 is 11.9 Å². The fourth-order valence-corrected chi connectivity index (χ4v) is 3.75. The zero-order valence-corrected chi connectivity index (χ0v) is 19.1. The Bertz CT molecular complexity index is 1170. The lowest BCUT2D eigenvalue weighted by molar-refractivity contribution is -0.163. The van der Waals surface area contributed by atoms with Gasteiger partial charge in [0.05, 0.1) is 48.1 Å². The number of carbonyl (C=O) groups is 2. The third-order valence-electron chi connectivity index (χ3n) is 5.19. The van der Waals surface area contributed by atoms with Crippen molar-refractivity contribution in [3.8, 4) is 17.7 Å². The summed E-state index contributed by atoms with van der Waals surface area (Å²) in [6, 6.07) is 7.09. The average molecular weight is 451 g/mol. The Hall–Kier alpha value is -4.06. The molecular weight excluding hydrogens is 426 g/mol. The molecule has 3 rings (SSSR count). The van der Waals surface area contributed by atoms with Gasteiger partial charge in [0.1, 0.15) is 5.75 Å². The van der Waals surface area contributed by atoms with E-state index in [0.29, 0.717) is 40.6 Å². The molecule has 0 aliphatic carbocycles. The van der Waals surface area contributed by atoms with E-state index in [0.717, 1.165) is 11.3 Å². The highest BCUT2D eigenvalue weighted by Crippen LogP contribution is 2.49. The number of pyridine rings is 1. The zero-order valence-electron chi connectivity index (χ0n) is 19.1. The number of nitrogens with one attached hydrogen (secondary N) is 1. The second kappa shape index (κ2) is 10.0. The molecule has 1 aromatic carbocycles. The second-order valence-corrected chi connectivity index (χ2v) is 7.32. The molecule has 1 aliphatic rings. The first kappa shape index (κ1) is 23.6. The number of nitrogens with zero attached hydrogens (tertiary/aromatic N) is 2. The molecule has 9 heteroatoms. The maximum Gasteiger partial charge on any atom is 0.339 e. The van der Waals surface area contributed by atoms with Crippen molar-refractivity contribution in [3.05, 3.63) is 57.9 Å². The molecule has 0 fully saturated rings. The molecule has 0 saturated heterocycles. The number of aromatic nitrogens is 1. The van der Waals surface area contributed by atoms with Gasteiger partial charge in [-0.15, -0.1) is 0 Å². The lowest BCUT2D eigenvalue weighted by Crippen LogP contribution is -2.27. The minimum Gasteiger partial charge on any atom is -0.496 e. The highest BCUT2D eigenvalue weighted by atomic mass is 16.7. The van der Waals surface area contributed by atoms with Gasteiger partial charge in [0.25, 0.3) is 0 Å². The van der Waals surface area contributed by atoms with E-state index in [1.165, 1.54) is 14.0 Å². The molecule has 0 bridgehead atoms. The highest BCUT2D eigenvalue weighted by molar-refractivity contribution is 5.95. The number of benzene rings is 1. The third-order valence-corrected chi connectivity index (χ3v) is 5.19. The first-order chi connectivity index (χ1) is 15.8. The van der Waals surface area contributed by atoms with Crippen LogP contribution in [0.3, 0.4) is 0 Å². The summed E-state index contributed by atoms with van der Waals surface area (Å²) in [5, 5.41) is 12.6. The second-order valence-electron chi connectivity index (χ2n) is 7.32. The lowest BCUT2D eigenvalue weighted by Gasteiger charge is -2.32. The number of esters is 2. The molecule has 0 radical (unpaired) electrons. The van der Waals surface area contributed by atoms with E-state index in [4.69, 9.17) is 18.9 Å². The Balaban J connectivity index is 2.24. The highest BCUT2D eigenvalue weighted by Gasteiger charge is 2.38. The van der Waals surface area contributed by atoms with E-state index in [-0.39, 0.29) is 5.57 Å². The van der Waals surface area contributed by atoms with Gasteiger partial charge in [-0.05, 0) is 38.5 Å². The first-order valence-electron chi connectivity index (χ1n) is 10.3. The van der Waals surface area contributed by atoms with Gasteiger partial charge in [-0.25, -0.2) is 9.78 Å². The number of carbonyl (C=O) groups excluding carboxylic acids is 2. The van der Waals surface area contributed by atoms with Crippen molar-refractivity contribution in [3.63, 3.8) is 0 Å². The van der Waals surface area contributed by atoms with E-state index in [1.807, 2.05) is 13.8 Å². The largest absolute Gasteiger partial charge is 0.496 e. The predicted molar refractivity (Wildman–Crippen MR) is 119 cm³/mol. The van der Waals surface area contributed by atoms with Crippen LogP contribution in [-0.2, 0) is 19.1 Å². The molecule has 0 amide bonds. The van der Waals surface area contributed by atoms with Gasteiger partial charge < -0.3 is 24.3 Å². The molecule has 2 aromatic rings. The Labute approximate surface area is 191 Å². The van der Waals surface area contributed by atoms with Gasteiger partial charge in [-0.2, -0.15) is 5.26 Å². The van der Waals surface area contributed by atoms with Crippen LogP contribution in [0.5, 0.6) is 11.6 Å². The van der Waals surface area contributed by atoms with Gasteiger partial charge in [-0.1, -0.05) is 6.07 Å². The molecule has 1 aliphatic heterocycles. The lowest BCUT2D eigenvalue weighted by atomic mass is 9.79. The van der Waals surface area contributed by atoms with Gasteiger partial charge in [0, 0.05) is 24.4 Å². The number of hydrogen-bond donors (Lipinski definition) is 1. The molecule has 1 unspecified atom stereocenters. The van der Waals surface area contributed by atoms with E-state index in [9.17, 15) is 14.9 Å². The first-order valence-corrected chi connectivity index (χ1v) is 10.3. The Morgan fingerprint density at radius 2 is 2.00 bits per heavy atom. The smallest absolute Gasteiger partial charge is 0.339 e. The van der Waals surface area contributed by atoms with Crippen molar-refractivity contribution < 1.29 is 28.5 Å². The van der Waals surface area contributed by atoms with Crippen LogP contribution < -0.4 is 14.8 Å². The Morgan fingerprint density at radius 3 is 2.64 bits per heavy atom. The number of fused-ring (bicyclic) bond motifs is 1. The summed E-state index contributed by atoms with van der Waals surface area (Å²) in [5.74, 6) is -1.13. The summed E-state index contributed by atoms with van der Waals surface area (Å²) in [4.78, 5) is 28.8. The number of ether oxygens (including phenoxy) is 4.